The van der Waals surface area contributed by atoms with Gasteiger partial charge in [0.1, 0.15) is 4.90 Å². The van der Waals surface area contributed by atoms with Gasteiger partial charge >= 0.3 is 0 Å². The molecule has 2 aliphatic rings. The summed E-state index contributed by atoms with van der Waals surface area (Å²) in [7, 11) is -7.66. The zero-order chi connectivity index (χ0) is 21.6. The van der Waals surface area contributed by atoms with Crippen molar-refractivity contribution in [1.29, 1.82) is 0 Å². The molecule has 2 saturated heterocycles. The Kier molecular flexibility index (Phi) is 6.71. The first-order valence-corrected chi connectivity index (χ1v) is 13.5. The molecule has 0 aromatic heterocycles. The minimum absolute atomic E-state index is 0.0140. The number of halogens is 1. The Morgan fingerprint density at radius 2 is 1.17 bits per heavy atom. The third-order valence-electron chi connectivity index (χ3n) is 5.83. The summed E-state index contributed by atoms with van der Waals surface area (Å²) in [6, 6.07) is 4.03. The number of rotatable bonds is 4. The molecule has 0 aliphatic carbocycles. The number of piperidine rings is 2. The molecule has 0 saturated carbocycles. The van der Waals surface area contributed by atoms with Crippen molar-refractivity contribution in [3.63, 3.8) is 0 Å². The van der Waals surface area contributed by atoms with Crippen LogP contribution >= 0.6 is 11.6 Å². The molecule has 2 aliphatic heterocycles. The summed E-state index contributed by atoms with van der Waals surface area (Å²) >= 11 is 6.24. The van der Waals surface area contributed by atoms with Crippen LogP contribution in [0.1, 0.15) is 40.5 Å². The number of nitrogens with zero attached hydrogens (tertiary/aromatic N) is 2. The van der Waals surface area contributed by atoms with Crippen molar-refractivity contribution in [2.24, 2.45) is 23.7 Å². The van der Waals surface area contributed by atoms with Crippen molar-refractivity contribution in [3.8, 4) is 0 Å². The zero-order valence-electron chi connectivity index (χ0n) is 17.5. The van der Waals surface area contributed by atoms with Crippen LogP contribution in [0.3, 0.4) is 0 Å². The van der Waals surface area contributed by atoms with Crippen LogP contribution in [0.25, 0.3) is 0 Å². The third-order valence-corrected chi connectivity index (χ3v) is 9.97. The van der Waals surface area contributed by atoms with Crippen molar-refractivity contribution < 1.29 is 16.8 Å². The van der Waals surface area contributed by atoms with Gasteiger partial charge in [0.15, 0.2) is 0 Å². The van der Waals surface area contributed by atoms with Crippen molar-refractivity contribution in [2.45, 2.75) is 50.3 Å². The lowest BCUT2D eigenvalue weighted by Gasteiger charge is -2.35. The van der Waals surface area contributed by atoms with Crippen molar-refractivity contribution in [1.82, 2.24) is 8.61 Å². The molecule has 0 bridgehead atoms. The Morgan fingerprint density at radius 1 is 0.759 bits per heavy atom. The molecule has 164 valence electrons. The van der Waals surface area contributed by atoms with E-state index in [1.807, 2.05) is 27.7 Å². The van der Waals surface area contributed by atoms with Gasteiger partial charge in [0.25, 0.3) is 0 Å². The molecule has 9 heteroatoms. The average Bonchev–Trinajstić information content (AvgIpc) is 2.60. The largest absolute Gasteiger partial charge is 0.244 e. The highest BCUT2D eigenvalue weighted by molar-refractivity contribution is 7.90. The second kappa shape index (κ2) is 8.46. The second-order valence-electron chi connectivity index (χ2n) is 9.13. The van der Waals surface area contributed by atoms with Gasteiger partial charge in [-0.15, -0.1) is 0 Å². The molecule has 0 amide bonds. The van der Waals surface area contributed by atoms with Gasteiger partial charge < -0.3 is 0 Å². The summed E-state index contributed by atoms with van der Waals surface area (Å²) in [4.78, 5) is -0.139. The van der Waals surface area contributed by atoms with E-state index in [0.29, 0.717) is 26.2 Å². The van der Waals surface area contributed by atoms with E-state index >= 15 is 0 Å². The molecular formula is C20H31ClN2O4S2. The quantitative estimate of drug-likeness (QED) is 0.684. The maximum atomic E-state index is 13.3. The molecule has 0 N–H and O–H groups in total. The van der Waals surface area contributed by atoms with Crippen LogP contribution in [-0.4, -0.2) is 51.6 Å². The van der Waals surface area contributed by atoms with Gasteiger partial charge in [0.05, 0.1) is 9.92 Å². The first-order valence-electron chi connectivity index (χ1n) is 10.2. The number of hydrogen-bond donors (Lipinski definition) is 0. The van der Waals surface area contributed by atoms with Gasteiger partial charge in [-0.1, -0.05) is 39.3 Å². The Balaban J connectivity index is 1.97. The lowest BCUT2D eigenvalue weighted by Crippen LogP contribution is -2.43. The predicted molar refractivity (Wildman–Crippen MR) is 115 cm³/mol. The summed E-state index contributed by atoms with van der Waals surface area (Å²) in [5, 5.41) is 0.0511. The van der Waals surface area contributed by atoms with Crippen LogP contribution in [0.15, 0.2) is 28.0 Å². The molecule has 1 aromatic rings. The Hall–Kier alpha value is -0.670. The lowest BCUT2D eigenvalue weighted by atomic mass is 9.94. The van der Waals surface area contributed by atoms with Gasteiger partial charge in [-0.05, 0) is 54.7 Å². The number of sulfonamides is 2. The van der Waals surface area contributed by atoms with Crippen LogP contribution in [0.5, 0.6) is 0 Å². The maximum Gasteiger partial charge on any atom is 0.244 e. The highest BCUT2D eigenvalue weighted by Crippen LogP contribution is 2.33. The fourth-order valence-corrected chi connectivity index (χ4v) is 8.70. The van der Waals surface area contributed by atoms with Gasteiger partial charge in [-0.2, -0.15) is 8.61 Å². The minimum Gasteiger partial charge on any atom is -0.207 e. The maximum absolute atomic E-state index is 13.3. The standard InChI is InChI=1S/C20H31ClN2O4S2/c1-14-7-15(2)11-22(10-14)28(24,25)18-5-6-19(21)20(9-18)29(26,27)23-12-16(3)8-17(4)13-23/h5-6,9,14-17H,7-8,10-13H2,1-4H3/t14-,15+,16-,17-/m0/s1. The Bertz CT molecular complexity index is 945. The minimum atomic E-state index is -3.88. The zero-order valence-corrected chi connectivity index (χ0v) is 19.9. The molecule has 29 heavy (non-hydrogen) atoms. The van der Waals surface area contributed by atoms with Crippen molar-refractivity contribution in [3.05, 3.63) is 23.2 Å². The van der Waals surface area contributed by atoms with Gasteiger partial charge in [-0.25, -0.2) is 16.8 Å². The van der Waals surface area contributed by atoms with Crippen molar-refractivity contribution in [2.75, 3.05) is 26.2 Å². The molecule has 6 nitrogen and oxygen atoms in total. The normalized spacial score (nSPS) is 30.4. The molecule has 3 rings (SSSR count). The van der Waals surface area contributed by atoms with Crippen LogP contribution in [0, 0.1) is 23.7 Å². The summed E-state index contributed by atoms with van der Waals surface area (Å²) in [6.45, 7) is 9.85. The van der Waals surface area contributed by atoms with Crippen LogP contribution in [0.2, 0.25) is 5.02 Å². The number of hydrogen-bond acceptors (Lipinski definition) is 4. The van der Waals surface area contributed by atoms with Gasteiger partial charge in [0.2, 0.25) is 20.0 Å². The van der Waals surface area contributed by atoms with Crippen LogP contribution < -0.4 is 0 Å². The first kappa shape index (κ1) is 23.0. The first-order chi connectivity index (χ1) is 13.4. The predicted octanol–water partition coefficient (Wildman–Crippen LogP) is 3.67. The molecule has 0 radical (unpaired) electrons. The van der Waals surface area contributed by atoms with E-state index in [2.05, 4.69) is 0 Å². The molecule has 0 spiro atoms. The summed E-state index contributed by atoms with van der Waals surface area (Å²) < 4.78 is 55.9. The van der Waals surface area contributed by atoms with Crippen LogP contribution in [0.4, 0.5) is 0 Å². The van der Waals surface area contributed by atoms with E-state index in [4.69, 9.17) is 11.6 Å². The topological polar surface area (TPSA) is 74.8 Å². The molecule has 4 atom stereocenters. The van der Waals surface area contributed by atoms with Gasteiger partial charge in [0, 0.05) is 26.2 Å². The van der Waals surface area contributed by atoms with Crippen molar-refractivity contribution >= 4 is 31.6 Å². The summed E-state index contributed by atoms with van der Waals surface area (Å²) in [6.07, 6.45) is 1.96. The smallest absolute Gasteiger partial charge is 0.207 e. The SMILES string of the molecule is C[C@@H]1C[C@H](C)CN(S(=O)(=O)c2ccc(Cl)c(S(=O)(=O)N3C[C@@H](C)C[C@H](C)C3)c2)C1. The molecular weight excluding hydrogens is 432 g/mol. The fraction of sp³-hybridized carbons (Fsp3) is 0.700. The number of benzene rings is 1. The molecule has 2 heterocycles. The van der Waals surface area contributed by atoms with E-state index < -0.39 is 20.0 Å². The highest BCUT2D eigenvalue weighted by atomic mass is 35.5. The Morgan fingerprint density at radius 3 is 1.62 bits per heavy atom. The van der Waals surface area contributed by atoms with E-state index in [0.717, 1.165) is 12.8 Å². The van der Waals surface area contributed by atoms with Gasteiger partial charge in [-0.3, -0.25) is 0 Å². The average molecular weight is 463 g/mol. The monoisotopic (exact) mass is 462 g/mol. The molecule has 0 unspecified atom stereocenters. The lowest BCUT2D eigenvalue weighted by molar-refractivity contribution is 0.222. The van der Waals surface area contributed by atoms with E-state index in [-0.39, 0.29) is 38.5 Å². The van der Waals surface area contributed by atoms with E-state index in [1.165, 1.54) is 26.8 Å². The van der Waals surface area contributed by atoms with E-state index in [1.54, 1.807) is 0 Å². The second-order valence-corrected chi connectivity index (χ2v) is 13.4. The third kappa shape index (κ3) is 4.82. The molecule has 1 aromatic carbocycles. The fourth-order valence-electron chi connectivity index (χ4n) is 4.73. The summed E-state index contributed by atoms with van der Waals surface area (Å²) in [5.74, 6) is 1.02. The van der Waals surface area contributed by atoms with Crippen LogP contribution in [-0.2, 0) is 20.0 Å². The Labute approximate surface area is 180 Å². The van der Waals surface area contributed by atoms with E-state index in [9.17, 15) is 16.8 Å². The highest BCUT2D eigenvalue weighted by Gasteiger charge is 2.36. The summed E-state index contributed by atoms with van der Waals surface area (Å²) in [5.41, 5.74) is 0. The molecule has 2 fully saturated rings.